The zero-order valence-electron chi connectivity index (χ0n) is 13.9. The molecule has 2 aromatic carbocycles. The van der Waals surface area contributed by atoms with Gasteiger partial charge in [0, 0.05) is 13.0 Å². The summed E-state index contributed by atoms with van der Waals surface area (Å²) in [6, 6.07) is 18.0. The number of anilines is 1. The molecule has 3 heteroatoms. The summed E-state index contributed by atoms with van der Waals surface area (Å²) in [6.45, 7) is 4.86. The second-order valence-electron chi connectivity index (χ2n) is 6.08. The maximum Gasteiger partial charge on any atom is 0.311 e. The smallest absolute Gasteiger partial charge is 0.311 e. The third-order valence-electron chi connectivity index (χ3n) is 3.49. The first-order valence-electron chi connectivity index (χ1n) is 8.22. The van der Waals surface area contributed by atoms with E-state index in [4.69, 9.17) is 4.74 Å². The number of aryl methyl sites for hydroxylation is 1. The molecule has 0 fully saturated rings. The van der Waals surface area contributed by atoms with Gasteiger partial charge in [0.1, 0.15) is 0 Å². The van der Waals surface area contributed by atoms with E-state index in [0.717, 1.165) is 25.1 Å². The Kier molecular flexibility index (Phi) is 6.67. The van der Waals surface area contributed by atoms with Gasteiger partial charge in [-0.15, -0.1) is 0 Å². The van der Waals surface area contributed by atoms with Crippen LogP contribution in [0.1, 0.15) is 32.3 Å². The Balaban J connectivity index is 1.84. The van der Waals surface area contributed by atoms with Gasteiger partial charge in [0.15, 0.2) is 5.75 Å². The van der Waals surface area contributed by atoms with Gasteiger partial charge in [-0.1, -0.05) is 56.3 Å². The topological polar surface area (TPSA) is 38.3 Å². The zero-order chi connectivity index (χ0) is 16.5. The highest BCUT2D eigenvalue weighted by atomic mass is 16.5. The van der Waals surface area contributed by atoms with Crippen LogP contribution < -0.4 is 10.1 Å². The van der Waals surface area contributed by atoms with E-state index in [9.17, 15) is 4.79 Å². The van der Waals surface area contributed by atoms with Crippen LogP contribution in [0.25, 0.3) is 0 Å². The number of ether oxygens (including phenoxy) is 1. The summed E-state index contributed by atoms with van der Waals surface area (Å²) < 4.78 is 5.47. The van der Waals surface area contributed by atoms with Crippen molar-refractivity contribution < 1.29 is 9.53 Å². The number of esters is 1. The predicted molar refractivity (Wildman–Crippen MR) is 94.8 cm³/mol. The fraction of sp³-hybridized carbons (Fsp3) is 0.350. The minimum Gasteiger partial charge on any atom is -0.424 e. The number of para-hydroxylation sites is 2. The Morgan fingerprint density at radius 3 is 2.48 bits per heavy atom. The van der Waals surface area contributed by atoms with Crippen molar-refractivity contribution in [1.82, 2.24) is 0 Å². The van der Waals surface area contributed by atoms with Crippen molar-refractivity contribution in [2.75, 3.05) is 11.9 Å². The number of nitrogens with one attached hydrogen (secondary N) is 1. The molecular formula is C20H25NO2. The number of carbonyl (C=O) groups excluding carboxylic acids is 1. The fourth-order valence-electron chi connectivity index (χ4n) is 2.36. The van der Waals surface area contributed by atoms with Crippen LogP contribution in [0.5, 0.6) is 5.75 Å². The van der Waals surface area contributed by atoms with Gasteiger partial charge in [-0.2, -0.15) is 0 Å². The first-order chi connectivity index (χ1) is 11.1. The molecule has 2 aromatic rings. The van der Waals surface area contributed by atoms with E-state index in [-0.39, 0.29) is 5.97 Å². The maximum absolute atomic E-state index is 11.8. The molecule has 0 aliphatic carbocycles. The predicted octanol–water partition coefficient (Wildman–Crippen LogP) is 4.68. The number of hydrogen-bond acceptors (Lipinski definition) is 3. The Morgan fingerprint density at radius 2 is 1.74 bits per heavy atom. The van der Waals surface area contributed by atoms with E-state index >= 15 is 0 Å². The summed E-state index contributed by atoms with van der Waals surface area (Å²) in [5, 5.41) is 3.36. The number of hydrogen-bond donors (Lipinski definition) is 1. The summed E-state index contributed by atoms with van der Waals surface area (Å²) >= 11 is 0. The van der Waals surface area contributed by atoms with Crippen LogP contribution in [0.3, 0.4) is 0 Å². The molecule has 0 aliphatic rings. The van der Waals surface area contributed by atoms with Crippen LogP contribution in [0.15, 0.2) is 54.6 Å². The molecule has 2 rings (SSSR count). The number of carbonyl (C=O) groups is 1. The molecule has 0 amide bonds. The van der Waals surface area contributed by atoms with E-state index in [1.807, 2.05) is 44.2 Å². The van der Waals surface area contributed by atoms with Gasteiger partial charge in [-0.3, -0.25) is 4.79 Å². The van der Waals surface area contributed by atoms with E-state index in [1.54, 1.807) is 0 Å². The summed E-state index contributed by atoms with van der Waals surface area (Å²) in [5.74, 6) is 0.727. The molecule has 0 unspecified atom stereocenters. The number of rotatable bonds is 8. The van der Waals surface area contributed by atoms with Gasteiger partial charge in [-0.05, 0) is 36.5 Å². The fourth-order valence-corrected chi connectivity index (χ4v) is 2.36. The lowest BCUT2D eigenvalue weighted by molar-refractivity contribution is -0.135. The monoisotopic (exact) mass is 311 g/mol. The molecule has 1 N–H and O–H groups in total. The van der Waals surface area contributed by atoms with Crippen molar-refractivity contribution >= 4 is 11.7 Å². The van der Waals surface area contributed by atoms with Crippen LogP contribution in [0.2, 0.25) is 0 Å². The Morgan fingerprint density at radius 1 is 1.04 bits per heavy atom. The summed E-state index contributed by atoms with van der Waals surface area (Å²) in [5.41, 5.74) is 2.21. The lowest BCUT2D eigenvalue weighted by atomic mass is 10.1. The first-order valence-corrected chi connectivity index (χ1v) is 8.22. The number of benzene rings is 2. The minimum atomic E-state index is -0.182. The van der Waals surface area contributed by atoms with Crippen molar-refractivity contribution in [3.8, 4) is 5.75 Å². The highest BCUT2D eigenvalue weighted by Crippen LogP contribution is 2.24. The van der Waals surface area contributed by atoms with Crippen molar-refractivity contribution in [2.24, 2.45) is 5.92 Å². The van der Waals surface area contributed by atoms with Gasteiger partial charge < -0.3 is 10.1 Å². The molecule has 0 bridgehead atoms. The van der Waals surface area contributed by atoms with E-state index in [2.05, 4.69) is 29.6 Å². The molecule has 0 spiro atoms. The lowest BCUT2D eigenvalue weighted by Crippen LogP contribution is -2.12. The molecule has 0 saturated carbocycles. The van der Waals surface area contributed by atoms with Crippen LogP contribution in [-0.4, -0.2) is 12.5 Å². The van der Waals surface area contributed by atoms with Gasteiger partial charge in [0.05, 0.1) is 5.69 Å². The maximum atomic E-state index is 11.8. The molecular weight excluding hydrogens is 286 g/mol. The van der Waals surface area contributed by atoms with Gasteiger partial charge >= 0.3 is 5.97 Å². The van der Waals surface area contributed by atoms with Crippen molar-refractivity contribution in [1.29, 1.82) is 0 Å². The van der Waals surface area contributed by atoms with Crippen molar-refractivity contribution in [3.05, 3.63) is 60.2 Å². The molecule has 0 heterocycles. The standard InChI is InChI=1S/C20H25NO2/c1-16(2)15-20(22)23-19-13-7-6-12-18(19)21-14-8-11-17-9-4-3-5-10-17/h3-7,9-10,12-13,16,21H,8,11,14-15H2,1-2H3. The Hall–Kier alpha value is -2.29. The molecule has 3 nitrogen and oxygen atoms in total. The summed E-state index contributed by atoms with van der Waals surface area (Å²) in [7, 11) is 0. The van der Waals surface area contributed by atoms with Gasteiger partial charge in [-0.25, -0.2) is 0 Å². The third kappa shape index (κ3) is 6.15. The highest BCUT2D eigenvalue weighted by molar-refractivity contribution is 5.75. The van der Waals surface area contributed by atoms with E-state index in [1.165, 1.54) is 5.56 Å². The van der Waals surface area contributed by atoms with Gasteiger partial charge in [0.25, 0.3) is 0 Å². The lowest BCUT2D eigenvalue weighted by Gasteiger charge is -2.12. The Bertz CT molecular complexity index is 608. The molecule has 122 valence electrons. The van der Waals surface area contributed by atoms with Crippen molar-refractivity contribution in [3.63, 3.8) is 0 Å². The normalized spacial score (nSPS) is 10.6. The summed E-state index contributed by atoms with van der Waals surface area (Å²) in [4.78, 5) is 11.8. The third-order valence-corrected chi connectivity index (χ3v) is 3.49. The average molecular weight is 311 g/mol. The van der Waals surface area contributed by atoms with Crippen LogP contribution in [0.4, 0.5) is 5.69 Å². The Labute approximate surface area is 138 Å². The highest BCUT2D eigenvalue weighted by Gasteiger charge is 2.10. The molecule has 0 aliphatic heterocycles. The summed E-state index contributed by atoms with van der Waals surface area (Å²) in [6.07, 6.45) is 2.49. The van der Waals surface area contributed by atoms with E-state index < -0.39 is 0 Å². The molecule has 0 aromatic heterocycles. The molecule has 23 heavy (non-hydrogen) atoms. The van der Waals surface area contributed by atoms with Gasteiger partial charge in [0.2, 0.25) is 0 Å². The molecule has 0 saturated heterocycles. The first kappa shape index (κ1) is 17.1. The SMILES string of the molecule is CC(C)CC(=O)Oc1ccccc1NCCCc1ccccc1. The molecule has 0 radical (unpaired) electrons. The second-order valence-corrected chi connectivity index (χ2v) is 6.08. The quantitative estimate of drug-likeness (QED) is 0.437. The zero-order valence-corrected chi connectivity index (χ0v) is 13.9. The largest absolute Gasteiger partial charge is 0.424 e. The van der Waals surface area contributed by atoms with E-state index in [0.29, 0.717) is 18.1 Å². The van der Waals surface area contributed by atoms with Crippen molar-refractivity contribution in [2.45, 2.75) is 33.1 Å². The average Bonchev–Trinajstić information content (AvgIpc) is 2.53. The van der Waals surface area contributed by atoms with Crippen LogP contribution in [0, 0.1) is 5.92 Å². The van der Waals surface area contributed by atoms with Crippen LogP contribution in [-0.2, 0) is 11.2 Å². The van der Waals surface area contributed by atoms with Crippen LogP contribution >= 0.6 is 0 Å². The molecule has 0 atom stereocenters. The second kappa shape index (κ2) is 8.99. The minimum absolute atomic E-state index is 0.182.